The van der Waals surface area contributed by atoms with Crippen LogP contribution in [0.25, 0.3) is 0 Å². The molecule has 4 rings (SSSR count). The second-order valence-electron chi connectivity index (χ2n) is 6.66. The average Bonchev–Trinajstić information content (AvgIpc) is 2.99. The molecule has 2 saturated carbocycles. The Kier molecular flexibility index (Phi) is 2.25. The van der Waals surface area contributed by atoms with E-state index in [4.69, 9.17) is 5.11 Å². The van der Waals surface area contributed by atoms with Gasteiger partial charge >= 0.3 is 5.97 Å². The SMILES string of the molecule is O=C(O)CC1(N2C(=O)C3C4C=CC(C4)C3C2=O)CCC1. The fourth-order valence-electron chi connectivity index (χ4n) is 4.72. The van der Waals surface area contributed by atoms with Crippen molar-refractivity contribution in [1.29, 1.82) is 0 Å². The molecule has 5 nitrogen and oxygen atoms in total. The van der Waals surface area contributed by atoms with E-state index in [0.717, 1.165) is 12.8 Å². The Hall–Kier alpha value is -1.65. The number of imide groups is 1. The maximum Gasteiger partial charge on any atom is 0.305 e. The van der Waals surface area contributed by atoms with Crippen LogP contribution in [-0.2, 0) is 14.4 Å². The van der Waals surface area contributed by atoms with E-state index in [2.05, 4.69) is 12.2 Å². The van der Waals surface area contributed by atoms with Crippen molar-refractivity contribution in [3.05, 3.63) is 12.2 Å². The van der Waals surface area contributed by atoms with Crippen LogP contribution in [-0.4, -0.2) is 33.3 Å². The van der Waals surface area contributed by atoms with Crippen molar-refractivity contribution in [2.45, 2.75) is 37.6 Å². The summed E-state index contributed by atoms with van der Waals surface area (Å²) < 4.78 is 0. The number of carboxylic acids is 1. The number of nitrogens with zero attached hydrogens (tertiary/aromatic N) is 1. The lowest BCUT2D eigenvalue weighted by molar-refractivity contribution is -0.156. The van der Waals surface area contributed by atoms with Gasteiger partial charge in [0, 0.05) is 0 Å². The van der Waals surface area contributed by atoms with E-state index in [1.54, 1.807) is 0 Å². The minimum atomic E-state index is -0.927. The molecule has 0 aromatic carbocycles. The van der Waals surface area contributed by atoms with Gasteiger partial charge in [-0.2, -0.15) is 0 Å². The Morgan fingerprint density at radius 1 is 1.20 bits per heavy atom. The van der Waals surface area contributed by atoms with Crippen LogP contribution in [0.1, 0.15) is 32.1 Å². The normalized spacial score (nSPS) is 40.1. The molecule has 2 amide bonds. The number of fused-ring (bicyclic) bond motifs is 5. The molecule has 0 aromatic rings. The van der Waals surface area contributed by atoms with Crippen LogP contribution in [0, 0.1) is 23.7 Å². The highest BCUT2D eigenvalue weighted by atomic mass is 16.4. The lowest BCUT2D eigenvalue weighted by Gasteiger charge is -2.47. The van der Waals surface area contributed by atoms with Crippen molar-refractivity contribution < 1.29 is 19.5 Å². The van der Waals surface area contributed by atoms with Gasteiger partial charge in [0.15, 0.2) is 0 Å². The maximum atomic E-state index is 12.7. The Bertz CT molecular complexity index is 518. The van der Waals surface area contributed by atoms with Crippen LogP contribution in [0.15, 0.2) is 12.2 Å². The summed E-state index contributed by atoms with van der Waals surface area (Å²) in [5.74, 6) is -1.21. The first-order chi connectivity index (χ1) is 9.53. The van der Waals surface area contributed by atoms with Gasteiger partial charge in [-0.3, -0.25) is 19.3 Å². The molecule has 0 aromatic heterocycles. The van der Waals surface area contributed by atoms with Gasteiger partial charge in [0.2, 0.25) is 11.8 Å². The summed E-state index contributed by atoms with van der Waals surface area (Å²) in [5, 5.41) is 9.10. The summed E-state index contributed by atoms with van der Waals surface area (Å²) in [6, 6.07) is 0. The maximum absolute atomic E-state index is 12.7. The van der Waals surface area contributed by atoms with E-state index in [1.807, 2.05) is 0 Å². The smallest absolute Gasteiger partial charge is 0.305 e. The average molecular weight is 275 g/mol. The van der Waals surface area contributed by atoms with Gasteiger partial charge in [-0.25, -0.2) is 0 Å². The molecule has 20 heavy (non-hydrogen) atoms. The summed E-state index contributed by atoms with van der Waals surface area (Å²) >= 11 is 0. The number of aliphatic carboxylic acids is 1. The predicted octanol–water partition coefficient (Wildman–Crippen LogP) is 1.19. The van der Waals surface area contributed by atoms with Gasteiger partial charge in [-0.05, 0) is 37.5 Å². The van der Waals surface area contributed by atoms with Gasteiger partial charge in [0.25, 0.3) is 0 Å². The third kappa shape index (κ3) is 1.30. The van der Waals surface area contributed by atoms with E-state index in [0.29, 0.717) is 12.8 Å². The Labute approximate surface area is 116 Å². The lowest BCUT2D eigenvalue weighted by Crippen LogP contribution is -2.58. The largest absolute Gasteiger partial charge is 0.481 e. The predicted molar refractivity (Wildman–Crippen MR) is 68.4 cm³/mol. The lowest BCUT2D eigenvalue weighted by atomic mass is 9.72. The Balaban J connectivity index is 1.69. The molecule has 0 spiro atoms. The van der Waals surface area contributed by atoms with E-state index in [-0.39, 0.29) is 41.9 Å². The topological polar surface area (TPSA) is 74.7 Å². The van der Waals surface area contributed by atoms with E-state index in [1.165, 1.54) is 4.90 Å². The van der Waals surface area contributed by atoms with E-state index in [9.17, 15) is 14.4 Å². The van der Waals surface area contributed by atoms with E-state index < -0.39 is 11.5 Å². The molecule has 4 atom stereocenters. The van der Waals surface area contributed by atoms with Crippen LogP contribution in [0.4, 0.5) is 0 Å². The zero-order chi connectivity index (χ0) is 14.1. The summed E-state index contributed by atoms with van der Waals surface area (Å²) in [6.45, 7) is 0. The molecular formula is C15H17NO4. The molecule has 1 saturated heterocycles. The number of hydrogen-bond acceptors (Lipinski definition) is 3. The monoisotopic (exact) mass is 275 g/mol. The molecule has 5 heteroatoms. The summed E-state index contributed by atoms with van der Waals surface area (Å²) in [7, 11) is 0. The molecule has 3 fully saturated rings. The molecule has 4 unspecified atom stereocenters. The number of hydrogen-bond donors (Lipinski definition) is 1. The molecule has 1 aliphatic heterocycles. The van der Waals surface area contributed by atoms with Crippen LogP contribution in [0.3, 0.4) is 0 Å². The standard InChI is InChI=1S/C15H17NO4/c17-10(18)7-15(4-1-5-15)16-13(19)11-8-2-3-9(6-8)12(11)14(16)20/h2-3,8-9,11-12H,1,4-7H2,(H,17,18). The van der Waals surface area contributed by atoms with Crippen molar-refractivity contribution in [3.63, 3.8) is 0 Å². The quantitative estimate of drug-likeness (QED) is 0.620. The first kappa shape index (κ1) is 12.1. The van der Waals surface area contributed by atoms with Crippen molar-refractivity contribution in [3.8, 4) is 0 Å². The van der Waals surface area contributed by atoms with Crippen molar-refractivity contribution in [2.24, 2.45) is 23.7 Å². The molecule has 0 radical (unpaired) electrons. The number of carbonyl (C=O) groups is 3. The minimum Gasteiger partial charge on any atom is -0.481 e. The molecule has 106 valence electrons. The number of carboxylic acid groups (broad SMARTS) is 1. The summed E-state index contributed by atoms with van der Waals surface area (Å²) in [4.78, 5) is 37.8. The van der Waals surface area contributed by atoms with Crippen LogP contribution in [0.2, 0.25) is 0 Å². The van der Waals surface area contributed by atoms with Gasteiger partial charge < -0.3 is 5.11 Å². The molecule has 2 bridgehead atoms. The molecule has 3 aliphatic carbocycles. The Morgan fingerprint density at radius 3 is 2.15 bits per heavy atom. The van der Waals surface area contributed by atoms with Crippen LogP contribution < -0.4 is 0 Å². The minimum absolute atomic E-state index is 0.104. The second kappa shape index (κ2) is 3.71. The van der Waals surface area contributed by atoms with Crippen molar-refractivity contribution >= 4 is 17.8 Å². The third-order valence-electron chi connectivity index (χ3n) is 5.71. The summed E-state index contributed by atoms with van der Waals surface area (Å²) in [6.07, 6.45) is 7.10. The fraction of sp³-hybridized carbons (Fsp3) is 0.667. The molecule has 1 N–H and O–H groups in total. The summed E-state index contributed by atoms with van der Waals surface area (Å²) in [5.41, 5.74) is -0.732. The number of carbonyl (C=O) groups excluding carboxylic acids is 2. The Morgan fingerprint density at radius 2 is 1.75 bits per heavy atom. The highest BCUT2D eigenvalue weighted by Gasteiger charge is 2.64. The van der Waals surface area contributed by atoms with Crippen molar-refractivity contribution in [1.82, 2.24) is 4.90 Å². The third-order valence-corrected chi connectivity index (χ3v) is 5.71. The molecule has 4 aliphatic rings. The fourth-order valence-corrected chi connectivity index (χ4v) is 4.72. The van der Waals surface area contributed by atoms with Crippen molar-refractivity contribution in [2.75, 3.05) is 0 Å². The van der Waals surface area contributed by atoms with Gasteiger partial charge in [0.05, 0.1) is 23.8 Å². The first-order valence-corrected chi connectivity index (χ1v) is 7.31. The highest BCUT2D eigenvalue weighted by molar-refractivity contribution is 6.07. The highest BCUT2D eigenvalue weighted by Crippen LogP contribution is 2.56. The van der Waals surface area contributed by atoms with Gasteiger partial charge in [0.1, 0.15) is 0 Å². The van der Waals surface area contributed by atoms with Crippen LogP contribution >= 0.6 is 0 Å². The van der Waals surface area contributed by atoms with Crippen LogP contribution in [0.5, 0.6) is 0 Å². The number of amides is 2. The zero-order valence-electron chi connectivity index (χ0n) is 11.1. The first-order valence-electron chi connectivity index (χ1n) is 7.31. The number of allylic oxidation sites excluding steroid dienone is 2. The van der Waals surface area contributed by atoms with Gasteiger partial charge in [-0.15, -0.1) is 0 Å². The number of rotatable bonds is 3. The second-order valence-corrected chi connectivity index (χ2v) is 6.66. The molecule has 1 heterocycles. The van der Waals surface area contributed by atoms with E-state index >= 15 is 0 Å². The van der Waals surface area contributed by atoms with Gasteiger partial charge in [-0.1, -0.05) is 12.2 Å². The molecular weight excluding hydrogens is 258 g/mol. The zero-order valence-corrected chi connectivity index (χ0v) is 11.1. The number of likely N-dealkylation sites (tertiary alicyclic amines) is 1.